The van der Waals surface area contributed by atoms with Crippen LogP contribution in [0, 0.1) is 13.8 Å². The molecule has 0 bridgehead atoms. The average molecular weight is 328 g/mol. The number of nitrogens with two attached hydrogens (primary N) is 1. The molecule has 3 rings (SSSR count). The van der Waals surface area contributed by atoms with Crippen molar-refractivity contribution in [3.05, 3.63) is 35.0 Å². The largest absolute Gasteiger partial charge is 0.369 e. The van der Waals surface area contributed by atoms with E-state index in [4.69, 9.17) is 5.73 Å². The summed E-state index contributed by atoms with van der Waals surface area (Å²) in [5.74, 6) is -0.341. The molecule has 1 aromatic carbocycles. The van der Waals surface area contributed by atoms with E-state index in [1.54, 1.807) is 0 Å². The quantitative estimate of drug-likeness (QED) is 0.793. The van der Waals surface area contributed by atoms with Gasteiger partial charge in [-0.2, -0.15) is 0 Å². The van der Waals surface area contributed by atoms with Crippen molar-refractivity contribution in [2.45, 2.75) is 32.7 Å². The normalized spacial score (nSPS) is 16.4. The third kappa shape index (κ3) is 3.43. The Kier molecular flexibility index (Phi) is 4.57. The minimum atomic E-state index is -0.303. The lowest BCUT2D eigenvalue weighted by Gasteiger charge is -2.31. The monoisotopic (exact) mass is 328 g/mol. The van der Waals surface area contributed by atoms with Gasteiger partial charge in [0.05, 0.1) is 6.54 Å². The highest BCUT2D eigenvalue weighted by Gasteiger charge is 2.22. The zero-order valence-electron chi connectivity index (χ0n) is 14.2. The number of primary amides is 1. The van der Waals surface area contributed by atoms with Gasteiger partial charge in [-0.3, -0.25) is 14.5 Å². The molecule has 2 aromatic rings. The van der Waals surface area contributed by atoms with E-state index in [0.29, 0.717) is 12.1 Å². The van der Waals surface area contributed by atoms with Gasteiger partial charge in [0.1, 0.15) is 0 Å². The maximum atomic E-state index is 12.5. The van der Waals surface area contributed by atoms with Crippen LogP contribution in [0.5, 0.6) is 0 Å². The highest BCUT2D eigenvalue weighted by molar-refractivity contribution is 5.99. The van der Waals surface area contributed by atoms with Crippen molar-refractivity contribution in [3.8, 4) is 0 Å². The number of benzene rings is 1. The lowest BCUT2D eigenvalue weighted by Crippen LogP contribution is -2.46. The number of hydrogen-bond donors (Lipinski definition) is 3. The summed E-state index contributed by atoms with van der Waals surface area (Å²) >= 11 is 0. The van der Waals surface area contributed by atoms with Crippen LogP contribution < -0.4 is 11.1 Å². The number of likely N-dealkylation sites (tertiary alicyclic amines) is 1. The number of nitrogens with one attached hydrogen (secondary N) is 2. The minimum absolute atomic E-state index is 0.0384. The zero-order chi connectivity index (χ0) is 17.3. The number of aryl methyl sites for hydroxylation is 2. The summed E-state index contributed by atoms with van der Waals surface area (Å²) in [4.78, 5) is 28.8. The number of nitrogens with zero attached hydrogens (tertiary/aromatic N) is 1. The molecule has 1 aliphatic heterocycles. The summed E-state index contributed by atoms with van der Waals surface area (Å²) in [6, 6.07) is 5.91. The molecule has 2 amide bonds. The van der Waals surface area contributed by atoms with Crippen LogP contribution in [0.2, 0.25) is 0 Å². The second kappa shape index (κ2) is 6.65. The Balaban J connectivity index is 1.63. The van der Waals surface area contributed by atoms with Gasteiger partial charge in [0.2, 0.25) is 5.91 Å². The van der Waals surface area contributed by atoms with Gasteiger partial charge in [-0.15, -0.1) is 0 Å². The lowest BCUT2D eigenvalue weighted by molar-refractivity contribution is -0.119. The van der Waals surface area contributed by atoms with Crippen molar-refractivity contribution in [1.29, 1.82) is 0 Å². The zero-order valence-corrected chi connectivity index (χ0v) is 14.2. The van der Waals surface area contributed by atoms with Crippen molar-refractivity contribution < 1.29 is 9.59 Å². The lowest BCUT2D eigenvalue weighted by atomic mass is 10.0. The summed E-state index contributed by atoms with van der Waals surface area (Å²) in [5.41, 5.74) is 9.27. The van der Waals surface area contributed by atoms with E-state index in [2.05, 4.69) is 17.2 Å². The summed E-state index contributed by atoms with van der Waals surface area (Å²) in [6.07, 6.45) is 1.67. The van der Waals surface area contributed by atoms with E-state index in [1.807, 2.05) is 30.0 Å². The van der Waals surface area contributed by atoms with Crippen molar-refractivity contribution in [2.75, 3.05) is 19.6 Å². The number of hydrogen-bond acceptors (Lipinski definition) is 3. The van der Waals surface area contributed by atoms with Gasteiger partial charge in [-0.25, -0.2) is 0 Å². The molecule has 1 fully saturated rings. The molecule has 0 aliphatic carbocycles. The fourth-order valence-electron chi connectivity index (χ4n) is 3.33. The number of piperidine rings is 1. The topological polar surface area (TPSA) is 91.2 Å². The van der Waals surface area contributed by atoms with Gasteiger partial charge in [0.15, 0.2) is 0 Å². The predicted octanol–water partition coefficient (Wildman–Crippen LogP) is 1.46. The highest BCUT2D eigenvalue weighted by atomic mass is 16.2. The molecule has 128 valence electrons. The molecular formula is C18H24N4O2. The smallest absolute Gasteiger partial charge is 0.251 e. The Morgan fingerprint density at radius 2 is 2.00 bits per heavy atom. The third-order valence-corrected chi connectivity index (χ3v) is 4.87. The Bertz CT molecular complexity index is 773. The summed E-state index contributed by atoms with van der Waals surface area (Å²) in [7, 11) is 0. The number of rotatable bonds is 4. The van der Waals surface area contributed by atoms with E-state index in [9.17, 15) is 9.59 Å². The molecule has 6 heteroatoms. The standard InChI is InChI=1S/C18H24N4O2/c1-11-12(2)20-16-4-3-13(9-15(11)16)18(24)21-14-5-7-22(8-6-14)10-17(19)23/h3-4,9,14,20H,5-8,10H2,1-2H3,(H2,19,23)(H,21,24). The predicted molar refractivity (Wildman–Crippen MR) is 93.9 cm³/mol. The van der Waals surface area contributed by atoms with Gasteiger partial charge < -0.3 is 16.0 Å². The van der Waals surface area contributed by atoms with Crippen LogP contribution in [-0.2, 0) is 4.79 Å². The van der Waals surface area contributed by atoms with Crippen LogP contribution in [0.15, 0.2) is 18.2 Å². The van der Waals surface area contributed by atoms with Crippen LogP contribution in [0.25, 0.3) is 10.9 Å². The Morgan fingerprint density at radius 3 is 2.67 bits per heavy atom. The second-order valence-electron chi connectivity index (χ2n) is 6.63. The Hall–Kier alpha value is -2.34. The maximum Gasteiger partial charge on any atom is 0.251 e. The number of carbonyl (C=O) groups excluding carboxylic acids is 2. The molecule has 6 nitrogen and oxygen atoms in total. The van der Waals surface area contributed by atoms with Gasteiger partial charge in [0.25, 0.3) is 5.91 Å². The first-order valence-corrected chi connectivity index (χ1v) is 8.34. The summed E-state index contributed by atoms with van der Waals surface area (Å²) in [6.45, 7) is 5.95. The first-order valence-electron chi connectivity index (χ1n) is 8.34. The van der Waals surface area contributed by atoms with Gasteiger partial charge >= 0.3 is 0 Å². The van der Waals surface area contributed by atoms with Crippen molar-refractivity contribution in [1.82, 2.24) is 15.2 Å². The summed E-state index contributed by atoms with van der Waals surface area (Å²) < 4.78 is 0. The molecule has 0 radical (unpaired) electrons. The molecule has 1 aromatic heterocycles. The average Bonchev–Trinajstić information content (AvgIpc) is 2.83. The molecule has 1 aliphatic rings. The first kappa shape index (κ1) is 16.5. The highest BCUT2D eigenvalue weighted by Crippen LogP contribution is 2.22. The Morgan fingerprint density at radius 1 is 1.29 bits per heavy atom. The van der Waals surface area contributed by atoms with E-state index in [1.165, 1.54) is 5.56 Å². The van der Waals surface area contributed by atoms with Crippen LogP contribution in [0.3, 0.4) is 0 Å². The molecule has 0 saturated carbocycles. The van der Waals surface area contributed by atoms with Crippen LogP contribution in [0.4, 0.5) is 0 Å². The van der Waals surface area contributed by atoms with E-state index in [0.717, 1.165) is 42.5 Å². The SMILES string of the molecule is Cc1[nH]c2ccc(C(=O)NC3CCN(CC(N)=O)CC3)cc2c1C. The fourth-order valence-corrected chi connectivity index (χ4v) is 3.33. The maximum absolute atomic E-state index is 12.5. The van der Waals surface area contributed by atoms with Crippen LogP contribution >= 0.6 is 0 Å². The van der Waals surface area contributed by atoms with Crippen LogP contribution in [0.1, 0.15) is 34.5 Å². The number of aromatic amines is 1. The number of fused-ring (bicyclic) bond motifs is 1. The molecule has 2 heterocycles. The summed E-state index contributed by atoms with van der Waals surface area (Å²) in [5, 5.41) is 4.20. The van der Waals surface area contributed by atoms with Gasteiger partial charge in [0, 0.05) is 41.3 Å². The first-order chi connectivity index (χ1) is 11.4. The van der Waals surface area contributed by atoms with E-state index < -0.39 is 0 Å². The fraction of sp³-hybridized carbons (Fsp3) is 0.444. The number of aromatic nitrogens is 1. The van der Waals surface area contributed by atoms with Crippen molar-refractivity contribution in [3.63, 3.8) is 0 Å². The van der Waals surface area contributed by atoms with Gasteiger partial charge in [-0.1, -0.05) is 0 Å². The van der Waals surface area contributed by atoms with Crippen LogP contribution in [-0.4, -0.2) is 47.4 Å². The Labute approximate surface area is 141 Å². The molecule has 0 unspecified atom stereocenters. The van der Waals surface area contributed by atoms with Gasteiger partial charge in [-0.05, 0) is 50.5 Å². The number of H-pyrrole nitrogens is 1. The third-order valence-electron chi connectivity index (χ3n) is 4.87. The molecule has 0 spiro atoms. The number of amides is 2. The van der Waals surface area contributed by atoms with E-state index >= 15 is 0 Å². The van der Waals surface area contributed by atoms with Crippen molar-refractivity contribution in [2.24, 2.45) is 5.73 Å². The molecule has 4 N–H and O–H groups in total. The van der Waals surface area contributed by atoms with E-state index in [-0.39, 0.29) is 17.9 Å². The molecular weight excluding hydrogens is 304 g/mol. The molecule has 24 heavy (non-hydrogen) atoms. The second-order valence-corrected chi connectivity index (χ2v) is 6.63. The molecule has 0 atom stereocenters. The minimum Gasteiger partial charge on any atom is -0.369 e. The number of carbonyl (C=O) groups is 2. The molecule has 1 saturated heterocycles. The van der Waals surface area contributed by atoms with Crippen molar-refractivity contribution >= 4 is 22.7 Å².